The molecule has 3 N–H and O–H groups in total. The molecule has 0 unspecified atom stereocenters. The molecule has 0 saturated heterocycles. The summed E-state index contributed by atoms with van der Waals surface area (Å²) < 4.78 is 5.29. The van der Waals surface area contributed by atoms with Crippen LogP contribution in [0.3, 0.4) is 0 Å². The Labute approximate surface area is 167 Å². The Kier molecular flexibility index (Phi) is 8.52. The van der Waals surface area contributed by atoms with Gasteiger partial charge in [-0.05, 0) is 25.7 Å². The normalized spacial score (nSPS) is 14.8. The Morgan fingerprint density at radius 2 is 1.82 bits per heavy atom. The number of amides is 4. The van der Waals surface area contributed by atoms with E-state index in [9.17, 15) is 24.3 Å². The molecule has 0 spiro atoms. The van der Waals surface area contributed by atoms with Crippen LogP contribution in [-0.2, 0) is 23.9 Å². The van der Waals surface area contributed by atoms with E-state index in [-0.39, 0.29) is 46.7 Å². The predicted octanol–water partition coefficient (Wildman–Crippen LogP) is 0.701. The van der Waals surface area contributed by atoms with E-state index in [1.165, 1.54) is 38.3 Å². The maximum absolute atomic E-state index is 11.9. The first-order valence-electron chi connectivity index (χ1n) is 9.03. The van der Waals surface area contributed by atoms with Crippen LogP contribution in [0.4, 0.5) is 0 Å². The minimum absolute atomic E-state index is 0. The highest BCUT2D eigenvalue weighted by Gasteiger charge is 2.25. The fourth-order valence-corrected chi connectivity index (χ4v) is 2.28. The first-order chi connectivity index (χ1) is 12.9. The average Bonchev–Trinajstić information content (AvgIpc) is 2.87. The number of hydrogen-bond acceptors (Lipinski definition) is 6. The summed E-state index contributed by atoms with van der Waals surface area (Å²) in [7, 11) is 0. The lowest BCUT2D eigenvalue weighted by Gasteiger charge is -2.28. The van der Waals surface area contributed by atoms with Crippen molar-refractivity contribution < 1.29 is 31.9 Å². The van der Waals surface area contributed by atoms with Gasteiger partial charge in [-0.1, -0.05) is 13.8 Å². The zero-order valence-electron chi connectivity index (χ0n) is 16.8. The van der Waals surface area contributed by atoms with Gasteiger partial charge in [0, 0.05) is 46.8 Å². The highest BCUT2D eigenvalue weighted by atomic mass is 16.6. The number of aliphatic hydroxyl groups is 1. The van der Waals surface area contributed by atoms with Gasteiger partial charge in [-0.2, -0.15) is 0 Å². The summed E-state index contributed by atoms with van der Waals surface area (Å²) in [5, 5.41) is 14.7. The molecular weight excluding hydrogens is 366 g/mol. The average molecular weight is 399 g/mol. The Morgan fingerprint density at radius 1 is 1.21 bits per heavy atom. The topological polar surface area (TPSA) is 125 Å². The fraction of sp³-hybridized carbons (Fsp3) is 0.579. The third-order valence-corrected chi connectivity index (χ3v) is 3.69. The van der Waals surface area contributed by atoms with Crippen molar-refractivity contribution in [1.29, 1.82) is 0 Å². The number of rotatable bonds is 11. The number of carbonyl (C=O) groups is 4. The first kappa shape index (κ1) is 23.5. The summed E-state index contributed by atoms with van der Waals surface area (Å²) in [5.41, 5.74) is -0.487. The van der Waals surface area contributed by atoms with E-state index in [4.69, 9.17) is 4.74 Å². The third-order valence-electron chi connectivity index (χ3n) is 3.69. The highest BCUT2D eigenvalue weighted by molar-refractivity contribution is 6.12. The summed E-state index contributed by atoms with van der Waals surface area (Å²) in [5.74, 6) is -2.66. The van der Waals surface area contributed by atoms with Crippen LogP contribution in [0.25, 0.3) is 0 Å². The van der Waals surface area contributed by atoms with E-state index in [2.05, 4.69) is 10.6 Å². The van der Waals surface area contributed by atoms with Gasteiger partial charge in [0.25, 0.3) is 11.8 Å². The van der Waals surface area contributed by atoms with Crippen LogP contribution in [0, 0.1) is 5.41 Å². The fourth-order valence-electron chi connectivity index (χ4n) is 2.28. The molecule has 0 aromatic carbocycles. The van der Waals surface area contributed by atoms with Crippen LogP contribution in [0.15, 0.2) is 24.4 Å². The Morgan fingerprint density at radius 3 is 2.39 bits per heavy atom. The minimum Gasteiger partial charge on any atom is -0.366 e. The molecule has 0 aromatic heterocycles. The van der Waals surface area contributed by atoms with Gasteiger partial charge in [-0.3, -0.25) is 24.1 Å². The molecule has 0 bridgehead atoms. The molecule has 0 radical (unpaired) electrons. The van der Waals surface area contributed by atoms with Crippen molar-refractivity contribution in [2.75, 3.05) is 19.7 Å². The van der Waals surface area contributed by atoms with Gasteiger partial charge in [-0.15, -0.1) is 0 Å². The predicted molar refractivity (Wildman–Crippen MR) is 106 cm³/mol. The second kappa shape index (κ2) is 10.1. The van der Waals surface area contributed by atoms with E-state index in [0.717, 1.165) is 4.90 Å². The van der Waals surface area contributed by atoms with Gasteiger partial charge in [0.05, 0.1) is 6.61 Å². The Hall–Kier alpha value is -2.52. The maximum Gasteiger partial charge on any atom is 0.253 e. The monoisotopic (exact) mass is 399 g/mol. The number of ether oxygens (including phenoxy) is 1. The summed E-state index contributed by atoms with van der Waals surface area (Å²) in [6.07, 6.45) is 5.45. The zero-order valence-corrected chi connectivity index (χ0v) is 16.8. The van der Waals surface area contributed by atoms with Gasteiger partial charge in [-0.25, -0.2) is 0 Å². The number of hydrogen-bond donors (Lipinski definition) is 3. The van der Waals surface area contributed by atoms with Crippen LogP contribution in [0.2, 0.25) is 0 Å². The molecule has 0 aliphatic carbocycles. The van der Waals surface area contributed by atoms with Crippen LogP contribution >= 0.6 is 0 Å². The van der Waals surface area contributed by atoms with Crippen molar-refractivity contribution in [2.45, 2.75) is 46.3 Å². The standard InChI is InChI=1S/C19H29N3O6.2H2/c1-18(2,13-28-19(3,4)27)12-15(24)21-10-8-14(23)20-9-5-11-22-16(25)6-7-17(22)26;;/h6-8,10,27H,5,9,11-13H2,1-4H3,(H,20,23)(H,21,24);2*1H/b10-8+;;. The van der Waals surface area contributed by atoms with Gasteiger partial charge >= 0.3 is 0 Å². The quantitative estimate of drug-likeness (QED) is 0.203. The lowest BCUT2D eigenvalue weighted by atomic mass is 9.90. The molecule has 1 heterocycles. The van der Waals surface area contributed by atoms with Gasteiger partial charge < -0.3 is 20.5 Å². The third kappa shape index (κ3) is 9.43. The van der Waals surface area contributed by atoms with Crippen LogP contribution in [0.5, 0.6) is 0 Å². The van der Waals surface area contributed by atoms with Crippen LogP contribution in [-0.4, -0.2) is 59.1 Å². The summed E-state index contributed by atoms with van der Waals surface area (Å²) >= 11 is 0. The highest BCUT2D eigenvalue weighted by Crippen LogP contribution is 2.22. The van der Waals surface area contributed by atoms with E-state index >= 15 is 0 Å². The maximum atomic E-state index is 11.9. The largest absolute Gasteiger partial charge is 0.366 e. The molecular formula is C19H33N3O6. The van der Waals surface area contributed by atoms with Gasteiger partial charge in [0.1, 0.15) is 0 Å². The molecule has 160 valence electrons. The van der Waals surface area contributed by atoms with Gasteiger partial charge in [0.2, 0.25) is 11.8 Å². The lowest BCUT2D eigenvalue weighted by molar-refractivity contribution is -0.192. The first-order valence-corrected chi connectivity index (χ1v) is 9.03. The zero-order chi connectivity index (χ0) is 21.4. The minimum atomic E-state index is -1.27. The van der Waals surface area contributed by atoms with Crippen molar-refractivity contribution in [1.82, 2.24) is 15.5 Å². The lowest BCUT2D eigenvalue weighted by Crippen LogP contribution is -2.34. The second-order valence-corrected chi connectivity index (χ2v) is 7.78. The van der Waals surface area contributed by atoms with Crippen molar-refractivity contribution in [3.63, 3.8) is 0 Å². The van der Waals surface area contributed by atoms with Crippen molar-refractivity contribution in [2.24, 2.45) is 5.41 Å². The number of imide groups is 1. The Balaban J connectivity index is 0. The SMILES string of the molecule is CC(C)(COC(C)(C)O)CC(=O)N/C=C/C(=O)NCCCN1C(=O)C=CC1=O.[HH].[HH]. The summed E-state index contributed by atoms with van der Waals surface area (Å²) in [4.78, 5) is 47.5. The molecule has 1 aliphatic rings. The van der Waals surface area contributed by atoms with Crippen molar-refractivity contribution in [3.05, 3.63) is 24.4 Å². The molecule has 0 saturated carbocycles. The molecule has 1 aliphatic heterocycles. The smallest absolute Gasteiger partial charge is 0.253 e. The molecule has 0 fully saturated rings. The van der Waals surface area contributed by atoms with Crippen molar-refractivity contribution in [3.8, 4) is 0 Å². The van der Waals surface area contributed by atoms with Crippen LogP contribution in [0.1, 0.15) is 43.4 Å². The molecule has 0 aromatic rings. The number of carbonyl (C=O) groups excluding carboxylic acids is 4. The van der Waals surface area contributed by atoms with Gasteiger partial charge in [0.15, 0.2) is 5.79 Å². The molecule has 9 heteroatoms. The number of nitrogens with one attached hydrogen (secondary N) is 2. The van der Waals surface area contributed by atoms with E-state index in [1.54, 1.807) is 0 Å². The molecule has 0 atom stereocenters. The van der Waals surface area contributed by atoms with E-state index < -0.39 is 17.1 Å². The molecule has 28 heavy (non-hydrogen) atoms. The second-order valence-electron chi connectivity index (χ2n) is 7.78. The molecule has 1 rings (SSSR count). The Bertz CT molecular complexity index is 654. The van der Waals surface area contributed by atoms with Crippen LogP contribution < -0.4 is 10.6 Å². The summed E-state index contributed by atoms with van der Waals surface area (Å²) in [6.45, 7) is 7.42. The summed E-state index contributed by atoms with van der Waals surface area (Å²) in [6, 6.07) is 0. The number of nitrogens with zero attached hydrogens (tertiary/aromatic N) is 1. The molecule has 4 amide bonds. The van der Waals surface area contributed by atoms with E-state index in [0.29, 0.717) is 6.42 Å². The van der Waals surface area contributed by atoms with Crippen molar-refractivity contribution >= 4 is 23.6 Å². The van der Waals surface area contributed by atoms with E-state index in [1.807, 2.05) is 13.8 Å². The molecule has 9 nitrogen and oxygen atoms in total.